The summed E-state index contributed by atoms with van der Waals surface area (Å²) in [5.41, 5.74) is 1.63. The van der Waals surface area contributed by atoms with Gasteiger partial charge in [0.25, 0.3) is 0 Å². The Morgan fingerprint density at radius 3 is 2.70 bits per heavy atom. The lowest BCUT2D eigenvalue weighted by Crippen LogP contribution is -2.37. The summed E-state index contributed by atoms with van der Waals surface area (Å²) in [5, 5.41) is 8.65. The number of hydrogen-bond acceptors (Lipinski definition) is 4. The number of hydrogen-bond donors (Lipinski definition) is 0. The topological polar surface area (TPSA) is 38.2 Å². The largest absolute Gasteiger partial charge is 0.381 e. The summed E-state index contributed by atoms with van der Waals surface area (Å²) in [4.78, 5) is 2.27. The molecule has 1 aromatic carbocycles. The molecule has 1 unspecified atom stereocenters. The summed E-state index contributed by atoms with van der Waals surface area (Å²) >= 11 is 0. The first-order valence-corrected chi connectivity index (χ1v) is 8.18. The summed E-state index contributed by atoms with van der Waals surface area (Å²) in [5.74, 6) is 1.21. The van der Waals surface area contributed by atoms with Crippen LogP contribution >= 0.6 is 0 Å². The van der Waals surface area contributed by atoms with Crippen molar-refractivity contribution in [1.82, 2.24) is 10.2 Å². The van der Waals surface area contributed by atoms with E-state index in [-0.39, 0.29) is 5.82 Å². The molecule has 1 fully saturated rings. The molecular formula is C18H22FN3O. The molecule has 2 aromatic rings. The lowest BCUT2D eigenvalue weighted by Gasteiger charge is -2.33. The number of anilines is 1. The molecule has 23 heavy (non-hydrogen) atoms. The number of rotatable bonds is 5. The third-order valence-electron chi connectivity index (χ3n) is 4.19. The Kier molecular flexibility index (Phi) is 5.18. The van der Waals surface area contributed by atoms with Crippen molar-refractivity contribution in [3.8, 4) is 11.3 Å². The fraction of sp³-hybridized carbons (Fsp3) is 0.444. The molecule has 3 rings (SSSR count). The Morgan fingerprint density at radius 1 is 1.17 bits per heavy atom. The maximum atomic E-state index is 13.0. The second-order valence-corrected chi connectivity index (χ2v) is 5.90. The molecule has 2 heterocycles. The van der Waals surface area contributed by atoms with Crippen LogP contribution in [0.25, 0.3) is 11.3 Å². The molecular weight excluding hydrogens is 293 g/mol. The van der Waals surface area contributed by atoms with Crippen molar-refractivity contribution in [2.24, 2.45) is 5.92 Å². The lowest BCUT2D eigenvalue weighted by molar-refractivity contribution is 0.104. The summed E-state index contributed by atoms with van der Waals surface area (Å²) in [7, 11) is 0. The van der Waals surface area contributed by atoms with Crippen molar-refractivity contribution < 1.29 is 9.13 Å². The van der Waals surface area contributed by atoms with Gasteiger partial charge in [-0.2, -0.15) is 0 Å². The van der Waals surface area contributed by atoms with Gasteiger partial charge in [0.05, 0.1) is 12.3 Å². The molecule has 0 aliphatic carbocycles. The smallest absolute Gasteiger partial charge is 0.151 e. The van der Waals surface area contributed by atoms with Gasteiger partial charge >= 0.3 is 0 Å². The van der Waals surface area contributed by atoms with E-state index in [0.29, 0.717) is 5.92 Å². The van der Waals surface area contributed by atoms with Gasteiger partial charge in [-0.3, -0.25) is 0 Å². The average molecular weight is 315 g/mol. The van der Waals surface area contributed by atoms with Gasteiger partial charge in [-0.15, -0.1) is 10.2 Å². The molecule has 122 valence electrons. The van der Waals surface area contributed by atoms with Gasteiger partial charge < -0.3 is 9.64 Å². The Balaban J connectivity index is 1.68. The minimum Gasteiger partial charge on any atom is -0.381 e. The molecule has 1 aromatic heterocycles. The molecule has 0 saturated carbocycles. The molecule has 1 aliphatic rings. The van der Waals surface area contributed by atoms with E-state index in [1.807, 2.05) is 19.1 Å². The van der Waals surface area contributed by atoms with Crippen LogP contribution in [0.5, 0.6) is 0 Å². The van der Waals surface area contributed by atoms with Gasteiger partial charge in [-0.05, 0) is 62.1 Å². The van der Waals surface area contributed by atoms with Crippen LogP contribution < -0.4 is 4.90 Å². The van der Waals surface area contributed by atoms with Crippen LogP contribution in [0, 0.1) is 11.7 Å². The Hall–Kier alpha value is -2.01. The lowest BCUT2D eigenvalue weighted by atomic mass is 9.99. The molecule has 1 atom stereocenters. The molecule has 5 heteroatoms. The van der Waals surface area contributed by atoms with Gasteiger partial charge in [0.2, 0.25) is 0 Å². The van der Waals surface area contributed by atoms with Crippen molar-refractivity contribution in [3.63, 3.8) is 0 Å². The number of halogens is 1. The summed E-state index contributed by atoms with van der Waals surface area (Å²) in [6, 6.07) is 10.3. The van der Waals surface area contributed by atoms with Gasteiger partial charge in [0.1, 0.15) is 5.82 Å². The highest BCUT2D eigenvalue weighted by atomic mass is 19.1. The fourth-order valence-electron chi connectivity index (χ4n) is 2.96. The van der Waals surface area contributed by atoms with Crippen LogP contribution in [0.3, 0.4) is 0 Å². The van der Waals surface area contributed by atoms with E-state index in [4.69, 9.17) is 4.74 Å². The molecule has 1 aliphatic heterocycles. The van der Waals surface area contributed by atoms with Gasteiger partial charge in [-0.25, -0.2) is 4.39 Å². The standard InChI is InChI=1S/C18H22FN3O/c1-2-23-13-14-4-3-11-22(12-14)18-10-9-17(20-21-18)15-5-7-16(19)8-6-15/h5-10,14H,2-4,11-13H2,1H3. The first-order chi connectivity index (χ1) is 11.3. The van der Waals surface area contributed by atoms with Crippen LogP contribution in [-0.4, -0.2) is 36.5 Å². The van der Waals surface area contributed by atoms with Crippen LogP contribution in [0.2, 0.25) is 0 Å². The second kappa shape index (κ2) is 7.51. The van der Waals surface area contributed by atoms with E-state index in [1.165, 1.54) is 18.6 Å². The Bertz CT molecular complexity index is 615. The monoisotopic (exact) mass is 315 g/mol. The Labute approximate surface area is 136 Å². The van der Waals surface area contributed by atoms with Crippen molar-refractivity contribution in [2.45, 2.75) is 19.8 Å². The maximum absolute atomic E-state index is 13.0. The third-order valence-corrected chi connectivity index (χ3v) is 4.19. The molecule has 0 spiro atoms. The van der Waals surface area contributed by atoms with E-state index >= 15 is 0 Å². The average Bonchev–Trinajstić information content (AvgIpc) is 2.61. The highest BCUT2D eigenvalue weighted by Gasteiger charge is 2.21. The SMILES string of the molecule is CCOCC1CCCN(c2ccc(-c3ccc(F)cc3)nn2)C1. The minimum atomic E-state index is -0.244. The van der Waals surface area contributed by atoms with Gasteiger partial charge in [0, 0.05) is 25.3 Å². The second-order valence-electron chi connectivity index (χ2n) is 5.90. The predicted octanol–water partition coefficient (Wildman–Crippen LogP) is 3.54. The highest BCUT2D eigenvalue weighted by Crippen LogP contribution is 2.23. The molecule has 4 nitrogen and oxygen atoms in total. The minimum absolute atomic E-state index is 0.244. The first-order valence-electron chi connectivity index (χ1n) is 8.18. The number of nitrogens with zero attached hydrogens (tertiary/aromatic N) is 3. The summed E-state index contributed by atoms with van der Waals surface area (Å²) in [6.45, 7) is 5.58. The van der Waals surface area contributed by atoms with E-state index in [0.717, 1.165) is 49.8 Å². The van der Waals surface area contributed by atoms with Crippen molar-refractivity contribution >= 4 is 5.82 Å². The fourth-order valence-corrected chi connectivity index (χ4v) is 2.96. The van der Waals surface area contributed by atoms with E-state index < -0.39 is 0 Å². The zero-order valence-electron chi connectivity index (χ0n) is 13.4. The molecule has 0 radical (unpaired) electrons. The molecule has 0 N–H and O–H groups in total. The molecule has 0 bridgehead atoms. The quantitative estimate of drug-likeness (QED) is 0.846. The zero-order valence-corrected chi connectivity index (χ0v) is 13.4. The van der Waals surface area contributed by atoms with E-state index in [9.17, 15) is 4.39 Å². The summed E-state index contributed by atoms with van der Waals surface area (Å²) < 4.78 is 18.5. The van der Waals surface area contributed by atoms with Crippen molar-refractivity contribution in [2.75, 3.05) is 31.2 Å². The maximum Gasteiger partial charge on any atom is 0.151 e. The number of ether oxygens (including phenoxy) is 1. The molecule has 0 amide bonds. The molecule has 1 saturated heterocycles. The first kappa shape index (κ1) is 15.9. The number of piperidine rings is 1. The van der Waals surface area contributed by atoms with E-state index in [1.54, 1.807) is 12.1 Å². The van der Waals surface area contributed by atoms with Crippen LogP contribution in [0.4, 0.5) is 10.2 Å². The van der Waals surface area contributed by atoms with E-state index in [2.05, 4.69) is 15.1 Å². The van der Waals surface area contributed by atoms with Crippen LogP contribution in [0.1, 0.15) is 19.8 Å². The highest BCUT2D eigenvalue weighted by molar-refractivity contribution is 5.59. The Morgan fingerprint density at radius 2 is 2.00 bits per heavy atom. The number of aromatic nitrogens is 2. The van der Waals surface area contributed by atoms with Crippen LogP contribution in [-0.2, 0) is 4.74 Å². The third kappa shape index (κ3) is 4.05. The number of benzene rings is 1. The van der Waals surface area contributed by atoms with Gasteiger partial charge in [-0.1, -0.05) is 0 Å². The van der Waals surface area contributed by atoms with Crippen LogP contribution in [0.15, 0.2) is 36.4 Å². The zero-order chi connectivity index (χ0) is 16.1. The van der Waals surface area contributed by atoms with Gasteiger partial charge in [0.15, 0.2) is 5.82 Å². The predicted molar refractivity (Wildman–Crippen MR) is 88.9 cm³/mol. The normalized spacial score (nSPS) is 18.2. The van der Waals surface area contributed by atoms with Crippen molar-refractivity contribution in [1.29, 1.82) is 0 Å². The van der Waals surface area contributed by atoms with Crippen molar-refractivity contribution in [3.05, 3.63) is 42.2 Å². The summed E-state index contributed by atoms with van der Waals surface area (Å²) in [6.07, 6.45) is 2.36.